The molecular formula is C9H9F2NO2. The predicted molar refractivity (Wildman–Crippen MR) is 46.3 cm³/mol. The lowest BCUT2D eigenvalue weighted by atomic mass is 10.1. The predicted octanol–water partition coefficient (Wildman–Crippen LogP) is 1.65. The van der Waals surface area contributed by atoms with Gasteiger partial charge in [0.2, 0.25) is 0 Å². The summed E-state index contributed by atoms with van der Waals surface area (Å²) in [6, 6.07) is 3.72. The molecule has 0 aliphatic carbocycles. The highest BCUT2D eigenvalue weighted by atomic mass is 19.3. The molecule has 0 heterocycles. The number of carbonyl (C=O) groups is 1. The van der Waals surface area contributed by atoms with Crippen molar-refractivity contribution in [3.63, 3.8) is 0 Å². The van der Waals surface area contributed by atoms with Crippen LogP contribution in [0.2, 0.25) is 0 Å². The van der Waals surface area contributed by atoms with E-state index < -0.39 is 18.4 Å². The van der Waals surface area contributed by atoms with Crippen molar-refractivity contribution in [2.24, 2.45) is 5.73 Å². The van der Waals surface area contributed by atoms with Gasteiger partial charge in [-0.1, -0.05) is 12.1 Å². The van der Waals surface area contributed by atoms with Crippen LogP contribution in [0.4, 0.5) is 8.78 Å². The van der Waals surface area contributed by atoms with Crippen molar-refractivity contribution >= 4 is 5.97 Å². The van der Waals surface area contributed by atoms with Crippen molar-refractivity contribution in [3.05, 3.63) is 35.4 Å². The SMILES string of the molecule is N[C@H](c1ccc(C(=O)O)cc1)C(F)F. The molecule has 0 aliphatic rings. The van der Waals surface area contributed by atoms with Crippen molar-refractivity contribution in [1.82, 2.24) is 0 Å². The molecule has 76 valence electrons. The van der Waals surface area contributed by atoms with Gasteiger partial charge in [0, 0.05) is 0 Å². The first-order chi connectivity index (χ1) is 6.52. The van der Waals surface area contributed by atoms with Crippen molar-refractivity contribution in [2.75, 3.05) is 0 Å². The molecule has 14 heavy (non-hydrogen) atoms. The van der Waals surface area contributed by atoms with E-state index in [2.05, 4.69) is 0 Å². The first kappa shape index (κ1) is 10.6. The van der Waals surface area contributed by atoms with E-state index in [1.807, 2.05) is 0 Å². The van der Waals surface area contributed by atoms with Crippen molar-refractivity contribution in [3.8, 4) is 0 Å². The van der Waals surface area contributed by atoms with E-state index in [1.54, 1.807) is 0 Å². The van der Waals surface area contributed by atoms with E-state index in [9.17, 15) is 13.6 Å². The van der Waals surface area contributed by atoms with Crippen LogP contribution < -0.4 is 5.73 Å². The number of hydrogen-bond acceptors (Lipinski definition) is 2. The quantitative estimate of drug-likeness (QED) is 0.781. The number of nitrogens with two attached hydrogens (primary N) is 1. The lowest BCUT2D eigenvalue weighted by molar-refractivity contribution is 0.0697. The number of benzene rings is 1. The number of alkyl halides is 2. The fourth-order valence-electron chi connectivity index (χ4n) is 0.993. The van der Waals surface area contributed by atoms with Gasteiger partial charge in [-0.05, 0) is 17.7 Å². The Morgan fingerprint density at radius 2 is 1.79 bits per heavy atom. The molecule has 0 unspecified atom stereocenters. The molecule has 0 spiro atoms. The van der Waals surface area contributed by atoms with E-state index in [-0.39, 0.29) is 11.1 Å². The highest BCUT2D eigenvalue weighted by Crippen LogP contribution is 2.18. The maximum Gasteiger partial charge on any atom is 0.335 e. The summed E-state index contributed by atoms with van der Waals surface area (Å²) < 4.78 is 24.3. The van der Waals surface area contributed by atoms with Gasteiger partial charge >= 0.3 is 5.97 Å². The number of rotatable bonds is 3. The molecule has 0 saturated carbocycles. The van der Waals surface area contributed by atoms with Gasteiger partial charge < -0.3 is 10.8 Å². The molecule has 1 aromatic carbocycles. The van der Waals surface area contributed by atoms with Gasteiger partial charge in [0.15, 0.2) is 0 Å². The maximum absolute atomic E-state index is 12.1. The zero-order valence-corrected chi connectivity index (χ0v) is 7.15. The third-order valence-corrected chi connectivity index (χ3v) is 1.81. The van der Waals surface area contributed by atoms with E-state index in [1.165, 1.54) is 24.3 Å². The van der Waals surface area contributed by atoms with Crippen LogP contribution >= 0.6 is 0 Å². The number of halogens is 2. The second-order valence-corrected chi connectivity index (χ2v) is 2.79. The molecule has 0 amide bonds. The van der Waals surface area contributed by atoms with Gasteiger partial charge in [-0.3, -0.25) is 0 Å². The third kappa shape index (κ3) is 2.26. The van der Waals surface area contributed by atoms with E-state index in [0.717, 1.165) is 0 Å². The molecule has 1 rings (SSSR count). The van der Waals surface area contributed by atoms with Crippen LogP contribution in [0.25, 0.3) is 0 Å². The monoisotopic (exact) mass is 201 g/mol. The Morgan fingerprint density at radius 1 is 1.29 bits per heavy atom. The molecule has 3 nitrogen and oxygen atoms in total. The standard InChI is InChI=1S/C9H9F2NO2/c10-8(11)7(12)5-1-3-6(4-2-5)9(13)14/h1-4,7-8H,12H2,(H,13,14)/t7-/m1/s1. The van der Waals surface area contributed by atoms with Crippen molar-refractivity contribution in [1.29, 1.82) is 0 Å². The largest absolute Gasteiger partial charge is 0.478 e. The van der Waals surface area contributed by atoms with Crippen LogP contribution in [0.15, 0.2) is 24.3 Å². The lowest BCUT2D eigenvalue weighted by Crippen LogP contribution is -2.18. The van der Waals surface area contributed by atoms with Gasteiger partial charge in [-0.2, -0.15) is 0 Å². The van der Waals surface area contributed by atoms with Gasteiger partial charge in [0.1, 0.15) is 0 Å². The number of aromatic carboxylic acids is 1. The topological polar surface area (TPSA) is 63.3 Å². The first-order valence-corrected chi connectivity index (χ1v) is 3.89. The summed E-state index contributed by atoms with van der Waals surface area (Å²) in [7, 11) is 0. The van der Waals surface area contributed by atoms with E-state index in [0.29, 0.717) is 0 Å². The molecule has 0 fully saturated rings. The maximum atomic E-state index is 12.1. The Kier molecular flexibility index (Phi) is 3.14. The summed E-state index contributed by atoms with van der Waals surface area (Å²) in [4.78, 5) is 10.4. The Morgan fingerprint density at radius 3 is 2.14 bits per heavy atom. The van der Waals surface area contributed by atoms with Crippen LogP contribution in [0.3, 0.4) is 0 Å². The second-order valence-electron chi connectivity index (χ2n) is 2.79. The summed E-state index contributed by atoms with van der Waals surface area (Å²) in [5.41, 5.74) is 5.44. The summed E-state index contributed by atoms with van der Waals surface area (Å²) in [6.45, 7) is 0. The number of carboxylic acids is 1. The zero-order chi connectivity index (χ0) is 10.7. The molecule has 3 N–H and O–H groups in total. The average Bonchev–Trinajstić information content (AvgIpc) is 2.16. The van der Waals surface area contributed by atoms with Gasteiger partial charge in [0.05, 0.1) is 11.6 Å². The fourth-order valence-corrected chi connectivity index (χ4v) is 0.993. The molecule has 0 bridgehead atoms. The highest BCUT2D eigenvalue weighted by molar-refractivity contribution is 5.87. The average molecular weight is 201 g/mol. The number of carboxylic acid groups (broad SMARTS) is 1. The lowest BCUT2D eigenvalue weighted by Gasteiger charge is -2.10. The Labute approximate surface area is 79.2 Å². The molecular weight excluding hydrogens is 192 g/mol. The molecule has 0 saturated heterocycles. The van der Waals surface area contributed by atoms with Crippen LogP contribution in [0.5, 0.6) is 0 Å². The molecule has 5 heteroatoms. The zero-order valence-electron chi connectivity index (χ0n) is 7.15. The van der Waals surface area contributed by atoms with Crippen LogP contribution in [0.1, 0.15) is 22.0 Å². The Hall–Kier alpha value is -1.49. The Balaban J connectivity index is 2.88. The summed E-state index contributed by atoms with van der Waals surface area (Å²) >= 11 is 0. The van der Waals surface area contributed by atoms with Crippen LogP contribution in [-0.2, 0) is 0 Å². The summed E-state index contributed by atoms with van der Waals surface area (Å²) in [6.07, 6.45) is -2.65. The molecule has 0 aromatic heterocycles. The highest BCUT2D eigenvalue weighted by Gasteiger charge is 2.17. The minimum Gasteiger partial charge on any atom is -0.478 e. The molecule has 1 aromatic rings. The third-order valence-electron chi connectivity index (χ3n) is 1.81. The van der Waals surface area contributed by atoms with E-state index >= 15 is 0 Å². The molecule has 0 aliphatic heterocycles. The summed E-state index contributed by atoms with van der Waals surface area (Å²) in [5, 5.41) is 8.54. The minimum atomic E-state index is -2.65. The van der Waals surface area contributed by atoms with Crippen molar-refractivity contribution < 1.29 is 18.7 Å². The number of hydrogen-bond donors (Lipinski definition) is 2. The van der Waals surface area contributed by atoms with Gasteiger partial charge in [0.25, 0.3) is 6.43 Å². The minimum absolute atomic E-state index is 0.0511. The normalized spacial score (nSPS) is 12.9. The van der Waals surface area contributed by atoms with Crippen molar-refractivity contribution in [2.45, 2.75) is 12.5 Å². The molecule has 1 atom stereocenters. The van der Waals surface area contributed by atoms with E-state index in [4.69, 9.17) is 10.8 Å². The second kappa shape index (κ2) is 4.15. The Bertz CT molecular complexity index is 324. The smallest absolute Gasteiger partial charge is 0.335 e. The van der Waals surface area contributed by atoms with Crippen LogP contribution in [-0.4, -0.2) is 17.5 Å². The first-order valence-electron chi connectivity index (χ1n) is 3.89. The van der Waals surface area contributed by atoms with Gasteiger partial charge in [-0.25, -0.2) is 13.6 Å². The summed E-state index contributed by atoms with van der Waals surface area (Å²) in [5.74, 6) is -1.10. The van der Waals surface area contributed by atoms with Gasteiger partial charge in [-0.15, -0.1) is 0 Å². The van der Waals surface area contributed by atoms with Crippen LogP contribution in [0, 0.1) is 0 Å². The molecule has 0 radical (unpaired) electrons. The fraction of sp³-hybridized carbons (Fsp3) is 0.222.